The quantitative estimate of drug-likeness (QED) is 0.198. The van der Waals surface area contributed by atoms with Crippen molar-refractivity contribution in [2.75, 3.05) is 13.1 Å². The summed E-state index contributed by atoms with van der Waals surface area (Å²) in [5, 5.41) is 24.1. The van der Waals surface area contributed by atoms with Crippen molar-refractivity contribution in [1.82, 2.24) is 4.90 Å². The third kappa shape index (κ3) is 8.96. The minimum atomic E-state index is -1.26. The molecule has 0 radical (unpaired) electrons. The highest BCUT2D eigenvalue weighted by atomic mass is 35.5. The number of fused-ring (bicyclic) bond motifs is 8. The molecule has 0 aromatic heterocycles. The molecule has 2 fully saturated rings. The Morgan fingerprint density at radius 2 is 1.88 bits per heavy atom. The summed E-state index contributed by atoms with van der Waals surface area (Å²) >= 11 is 6.39. The number of nitrogens with zero attached hydrogens (tertiary/aromatic N) is 1. The number of carbonyl (C=O) groups excluding carboxylic acids is 2. The van der Waals surface area contributed by atoms with E-state index in [0.717, 1.165) is 43.2 Å². The van der Waals surface area contributed by atoms with Gasteiger partial charge < -0.3 is 19.8 Å². The number of aliphatic hydroxyl groups is 2. The zero-order valence-electron chi connectivity index (χ0n) is 32.2. The molecule has 0 heterocycles. The van der Waals surface area contributed by atoms with Crippen molar-refractivity contribution in [3.63, 3.8) is 0 Å². The Morgan fingerprint density at radius 1 is 1.12 bits per heavy atom. The molecule has 2 bridgehead atoms. The van der Waals surface area contributed by atoms with Gasteiger partial charge in [-0.1, -0.05) is 82.5 Å². The van der Waals surface area contributed by atoms with Gasteiger partial charge in [0.2, 0.25) is 0 Å². The minimum Gasteiger partial charge on any atom is -0.446 e. The Morgan fingerprint density at radius 3 is 2.60 bits per heavy atom. The first-order chi connectivity index (χ1) is 24.7. The van der Waals surface area contributed by atoms with Gasteiger partial charge in [0.05, 0.1) is 18.2 Å². The van der Waals surface area contributed by atoms with Gasteiger partial charge in [0, 0.05) is 34.5 Å². The van der Waals surface area contributed by atoms with Gasteiger partial charge in [0.25, 0.3) is 0 Å². The first kappa shape index (κ1) is 40.4. The van der Waals surface area contributed by atoms with Crippen molar-refractivity contribution in [3.8, 4) is 0 Å². The summed E-state index contributed by atoms with van der Waals surface area (Å²) in [6.07, 6.45) is 8.84. The Bertz CT molecular complexity index is 1590. The van der Waals surface area contributed by atoms with Crippen LogP contribution in [0.5, 0.6) is 0 Å². The molecule has 7 unspecified atom stereocenters. The fourth-order valence-corrected chi connectivity index (χ4v) is 9.70. The van der Waals surface area contributed by atoms with Gasteiger partial charge in [0.1, 0.15) is 11.9 Å². The number of rotatable bonds is 9. The van der Waals surface area contributed by atoms with Crippen molar-refractivity contribution in [2.45, 2.75) is 142 Å². The number of ketones is 1. The van der Waals surface area contributed by atoms with E-state index in [9.17, 15) is 24.2 Å². The molecule has 4 aliphatic carbocycles. The maximum absolute atomic E-state index is 15.0. The number of aliphatic hydroxyl groups excluding tert-OH is 1. The molecule has 8 heteroatoms. The summed E-state index contributed by atoms with van der Waals surface area (Å²) in [7, 11) is 0. The second kappa shape index (κ2) is 17.2. The molecule has 2 aromatic carbocycles. The molecule has 4 aliphatic rings. The van der Waals surface area contributed by atoms with Crippen LogP contribution < -0.4 is 0 Å². The van der Waals surface area contributed by atoms with Crippen LogP contribution in [0.3, 0.4) is 0 Å². The second-order valence-electron chi connectivity index (χ2n) is 16.9. The Balaban J connectivity index is 1.52. The van der Waals surface area contributed by atoms with Crippen LogP contribution in [0, 0.1) is 29.0 Å². The van der Waals surface area contributed by atoms with Crippen molar-refractivity contribution in [1.29, 1.82) is 0 Å². The molecule has 6 nitrogen and oxygen atoms in total. The van der Waals surface area contributed by atoms with E-state index in [4.69, 9.17) is 16.3 Å². The van der Waals surface area contributed by atoms with Crippen molar-refractivity contribution in [3.05, 3.63) is 81.1 Å². The van der Waals surface area contributed by atoms with Crippen LogP contribution in [-0.2, 0) is 17.6 Å². The number of amides is 1. The highest BCUT2D eigenvalue weighted by molar-refractivity contribution is 6.31. The molecule has 2 saturated carbocycles. The average Bonchev–Trinajstić information content (AvgIpc) is 3.33. The van der Waals surface area contributed by atoms with E-state index in [0.29, 0.717) is 68.4 Å². The first-order valence-corrected chi connectivity index (χ1v) is 20.1. The molecule has 7 atom stereocenters. The lowest BCUT2D eigenvalue weighted by Gasteiger charge is -2.46. The largest absolute Gasteiger partial charge is 0.446 e. The second-order valence-corrected chi connectivity index (χ2v) is 17.3. The number of carbonyl (C=O) groups is 2. The normalized spacial score (nSPS) is 29.7. The minimum absolute atomic E-state index is 0.141. The highest BCUT2D eigenvalue weighted by Crippen LogP contribution is 2.59. The van der Waals surface area contributed by atoms with Gasteiger partial charge in [-0.2, -0.15) is 0 Å². The van der Waals surface area contributed by atoms with E-state index < -0.39 is 22.9 Å². The standard InChI is InChI=1S/C44H61ClFNO5/c1-7-22-47(42(50)52-41-23-30(5)14-17-33(41)28(2)3)27-44(51)21-19-37-34-18-15-31(24-32(48)16-13-29(4)10-9-20-43(37,44)6)25-35(34)40(49)26-36-38(45)11-8-12-39(36)46/h8,10-12,15,18,25,28,30,32-33,37,41,48,51H,7,9,13-14,16-17,19-24,26-27H2,1-6H3. The van der Waals surface area contributed by atoms with Crippen LogP contribution in [0.2, 0.25) is 5.02 Å². The number of hydrogen-bond acceptors (Lipinski definition) is 5. The van der Waals surface area contributed by atoms with Crippen LogP contribution in [0.25, 0.3) is 0 Å². The zero-order valence-corrected chi connectivity index (χ0v) is 33.0. The smallest absolute Gasteiger partial charge is 0.410 e. The van der Waals surface area contributed by atoms with Crippen molar-refractivity contribution >= 4 is 23.5 Å². The fraction of sp³-hybridized carbons (Fsp3) is 0.636. The van der Waals surface area contributed by atoms with E-state index in [1.165, 1.54) is 17.7 Å². The summed E-state index contributed by atoms with van der Waals surface area (Å²) in [6.45, 7) is 13.5. The lowest BCUT2D eigenvalue weighted by molar-refractivity contribution is -0.0862. The summed E-state index contributed by atoms with van der Waals surface area (Å²) in [4.78, 5) is 30.0. The van der Waals surface area contributed by atoms with Gasteiger partial charge in [-0.15, -0.1) is 0 Å². The van der Waals surface area contributed by atoms with E-state index in [1.807, 2.05) is 25.1 Å². The molecule has 286 valence electrons. The predicted octanol–water partition coefficient (Wildman–Crippen LogP) is 10.3. The monoisotopic (exact) mass is 737 g/mol. The molecule has 6 rings (SSSR count). The molecular formula is C44H61ClFNO5. The number of benzene rings is 2. The molecule has 52 heavy (non-hydrogen) atoms. The van der Waals surface area contributed by atoms with Gasteiger partial charge in [0.15, 0.2) is 5.78 Å². The maximum Gasteiger partial charge on any atom is 0.410 e. The number of hydrogen-bond donors (Lipinski definition) is 2. The lowest BCUT2D eigenvalue weighted by Crippen LogP contribution is -2.54. The van der Waals surface area contributed by atoms with E-state index in [1.54, 1.807) is 11.0 Å². The number of halogens is 2. The summed E-state index contributed by atoms with van der Waals surface area (Å²) in [5.41, 5.74) is 1.50. The van der Waals surface area contributed by atoms with Crippen molar-refractivity contribution in [2.24, 2.45) is 23.2 Å². The molecular weight excluding hydrogens is 677 g/mol. The maximum atomic E-state index is 15.0. The molecule has 2 N–H and O–H groups in total. The SMILES string of the molecule is CCCN(CC1(O)CCC2c3ccc(cc3C(=O)Cc3c(F)cccc3Cl)CC(O)CCC(C)=CCCC21C)C(=O)OC1CC(C)CCC1C(C)C. The molecule has 2 aromatic rings. The van der Waals surface area contributed by atoms with Crippen LogP contribution in [-0.4, -0.2) is 57.9 Å². The highest BCUT2D eigenvalue weighted by Gasteiger charge is 2.58. The van der Waals surface area contributed by atoms with Crippen LogP contribution in [0.4, 0.5) is 9.18 Å². The molecule has 0 saturated heterocycles. The van der Waals surface area contributed by atoms with Crippen molar-refractivity contribution < 1.29 is 28.9 Å². The van der Waals surface area contributed by atoms with Crippen LogP contribution in [0.1, 0.15) is 139 Å². The van der Waals surface area contributed by atoms with Gasteiger partial charge in [-0.25, -0.2) is 9.18 Å². The van der Waals surface area contributed by atoms with E-state index >= 15 is 0 Å². The molecule has 0 spiro atoms. The number of Topliss-reactive ketones (excluding diaryl/α,β-unsaturated/α-hetero) is 1. The first-order valence-electron chi connectivity index (χ1n) is 19.8. The Kier molecular flexibility index (Phi) is 13.3. The summed E-state index contributed by atoms with van der Waals surface area (Å²) in [6, 6.07) is 10.3. The summed E-state index contributed by atoms with van der Waals surface area (Å²) < 4.78 is 21.3. The lowest BCUT2D eigenvalue weighted by atomic mass is 9.64. The Labute approximate surface area is 316 Å². The van der Waals surface area contributed by atoms with E-state index in [-0.39, 0.29) is 47.5 Å². The third-order valence-electron chi connectivity index (χ3n) is 12.8. The van der Waals surface area contributed by atoms with E-state index in [2.05, 4.69) is 40.7 Å². The fourth-order valence-electron chi connectivity index (χ4n) is 9.47. The molecule has 0 aliphatic heterocycles. The zero-order chi connectivity index (χ0) is 37.8. The molecule has 1 amide bonds. The van der Waals surface area contributed by atoms with Gasteiger partial charge in [-0.3, -0.25) is 4.79 Å². The summed E-state index contributed by atoms with van der Waals surface area (Å²) in [5.74, 6) is 0.223. The number of allylic oxidation sites excluding steroid dienone is 2. The van der Waals surface area contributed by atoms with Crippen LogP contribution in [0.15, 0.2) is 48.0 Å². The average molecular weight is 738 g/mol. The predicted molar refractivity (Wildman–Crippen MR) is 206 cm³/mol. The topological polar surface area (TPSA) is 87.1 Å². The number of ether oxygens (including phenoxy) is 1. The van der Waals surface area contributed by atoms with Gasteiger partial charge >= 0.3 is 6.09 Å². The van der Waals surface area contributed by atoms with Crippen LogP contribution >= 0.6 is 11.6 Å². The Hall–Kier alpha value is -2.74. The third-order valence-corrected chi connectivity index (χ3v) is 13.1. The van der Waals surface area contributed by atoms with Gasteiger partial charge in [-0.05, 0) is 124 Å².